The molecule has 0 spiro atoms. The van der Waals surface area contributed by atoms with Gasteiger partial charge in [0.1, 0.15) is 23.7 Å². The van der Waals surface area contributed by atoms with Crippen LogP contribution < -0.4 is 15.0 Å². The van der Waals surface area contributed by atoms with Gasteiger partial charge in [-0.1, -0.05) is 39.3 Å². The monoisotopic (exact) mass is 510 g/mol. The van der Waals surface area contributed by atoms with Crippen LogP contribution in [0.15, 0.2) is 36.5 Å². The highest BCUT2D eigenvalue weighted by atomic mass is 35.5. The number of rotatable bonds is 7. The van der Waals surface area contributed by atoms with Crippen molar-refractivity contribution in [3.8, 4) is 11.8 Å². The molecule has 4 rings (SSSR count). The van der Waals surface area contributed by atoms with Crippen molar-refractivity contribution in [3.63, 3.8) is 0 Å². The third-order valence-corrected chi connectivity index (χ3v) is 8.23. The smallest absolute Gasteiger partial charge is 0.253 e. The highest BCUT2D eigenvalue weighted by Crippen LogP contribution is 2.55. The Kier molecular flexibility index (Phi) is 7.49. The molecule has 1 saturated carbocycles. The van der Waals surface area contributed by atoms with E-state index in [0.29, 0.717) is 27.8 Å². The molecule has 2 N–H and O–H groups in total. The van der Waals surface area contributed by atoms with Crippen LogP contribution in [0.4, 0.5) is 5.82 Å². The molecule has 1 amide bonds. The molecule has 2 fully saturated rings. The van der Waals surface area contributed by atoms with Gasteiger partial charge in [-0.3, -0.25) is 4.79 Å². The van der Waals surface area contributed by atoms with Gasteiger partial charge in [0.2, 0.25) is 0 Å². The Bertz CT molecular complexity index is 1120. The number of hydrogen-bond acceptors (Lipinski definition) is 6. The third-order valence-electron chi connectivity index (χ3n) is 7.92. The van der Waals surface area contributed by atoms with E-state index in [1.807, 2.05) is 12.1 Å². The second-order valence-corrected chi connectivity index (χ2v) is 11.6. The maximum Gasteiger partial charge on any atom is 0.253 e. The molecule has 2 aliphatic rings. The number of benzene rings is 1. The van der Waals surface area contributed by atoms with Crippen LogP contribution >= 0.6 is 11.6 Å². The fraction of sp³-hybridized carbons (Fsp3) is 0.536. The van der Waals surface area contributed by atoms with Gasteiger partial charge >= 0.3 is 0 Å². The zero-order chi connectivity index (χ0) is 26.1. The number of pyridine rings is 1. The number of hydrogen-bond donors (Lipinski definition) is 2. The molecule has 1 aromatic heterocycles. The Hall–Kier alpha value is -2.82. The molecule has 1 aromatic carbocycles. The molecular formula is C28H35ClN4O3. The molecule has 1 saturated heterocycles. The molecule has 0 bridgehead atoms. The van der Waals surface area contributed by atoms with E-state index in [0.717, 1.165) is 38.2 Å². The van der Waals surface area contributed by atoms with Gasteiger partial charge in [-0.05, 0) is 49.4 Å². The van der Waals surface area contributed by atoms with E-state index in [1.165, 1.54) is 0 Å². The van der Waals surface area contributed by atoms with Crippen molar-refractivity contribution >= 4 is 23.3 Å². The number of nitrogens with one attached hydrogen (secondary N) is 1. The molecule has 192 valence electrons. The van der Waals surface area contributed by atoms with Gasteiger partial charge in [0.05, 0.1) is 16.1 Å². The molecule has 0 unspecified atom stereocenters. The second-order valence-electron chi connectivity index (χ2n) is 11.1. The van der Waals surface area contributed by atoms with Crippen LogP contribution in [-0.2, 0) is 0 Å². The second kappa shape index (κ2) is 10.3. The fourth-order valence-electron chi connectivity index (χ4n) is 6.15. The summed E-state index contributed by atoms with van der Waals surface area (Å²) in [4.78, 5) is 19.9. The minimum Gasteiger partial charge on any atom is -0.489 e. The standard InChI is InChI=1S/C28H35ClN4O3/c1-27(2)25(28(3,4)26(27)36-21-7-5-19(16-30)22(29)15-21)32-24(35)20-6-8-23(31-17-20)33-12-9-18(10-13-33)11-14-34/h5-8,15,17-18,25-26,34H,9-14H2,1-4H3,(H,32,35)/t25-,26-. The van der Waals surface area contributed by atoms with Crippen LogP contribution in [0, 0.1) is 28.1 Å². The Morgan fingerprint density at radius 3 is 2.47 bits per heavy atom. The van der Waals surface area contributed by atoms with E-state index in [1.54, 1.807) is 24.4 Å². The molecule has 0 radical (unpaired) electrons. The van der Waals surface area contributed by atoms with Crippen LogP contribution in [0.25, 0.3) is 0 Å². The van der Waals surface area contributed by atoms with Crippen LogP contribution in [0.1, 0.15) is 62.9 Å². The van der Waals surface area contributed by atoms with E-state index < -0.39 is 0 Å². The normalized spacial score (nSPS) is 22.9. The lowest BCUT2D eigenvalue weighted by atomic mass is 9.49. The number of carbonyl (C=O) groups excluding carboxylic acids is 1. The Morgan fingerprint density at radius 2 is 1.92 bits per heavy atom. The molecule has 8 heteroatoms. The first kappa shape index (κ1) is 26.2. The van der Waals surface area contributed by atoms with Crippen molar-refractivity contribution in [1.82, 2.24) is 10.3 Å². The van der Waals surface area contributed by atoms with E-state index >= 15 is 0 Å². The zero-order valence-electron chi connectivity index (χ0n) is 21.4. The average molecular weight is 511 g/mol. The Balaban J connectivity index is 1.38. The minimum absolute atomic E-state index is 0.110. The van der Waals surface area contributed by atoms with Crippen molar-refractivity contribution < 1.29 is 14.6 Å². The summed E-state index contributed by atoms with van der Waals surface area (Å²) in [6.07, 6.45) is 4.45. The highest BCUT2D eigenvalue weighted by molar-refractivity contribution is 6.31. The molecule has 2 aromatic rings. The summed E-state index contributed by atoms with van der Waals surface area (Å²) in [5.41, 5.74) is 0.285. The van der Waals surface area contributed by atoms with E-state index in [2.05, 4.69) is 49.0 Å². The predicted molar refractivity (Wildman–Crippen MR) is 140 cm³/mol. The number of aliphatic hydroxyl groups excluding tert-OH is 1. The molecule has 0 atom stereocenters. The van der Waals surface area contributed by atoms with E-state index in [9.17, 15) is 4.79 Å². The summed E-state index contributed by atoms with van der Waals surface area (Å²) in [6.45, 7) is 10.4. The lowest BCUT2D eigenvalue weighted by Gasteiger charge is -2.63. The maximum absolute atomic E-state index is 13.1. The topological polar surface area (TPSA) is 98.5 Å². The molecule has 2 heterocycles. The number of amides is 1. The highest BCUT2D eigenvalue weighted by Gasteiger charge is 2.64. The first-order chi connectivity index (χ1) is 17.1. The number of nitrogens with zero attached hydrogens (tertiary/aromatic N) is 3. The van der Waals surface area contributed by atoms with Crippen LogP contribution in [-0.4, -0.2) is 47.8 Å². The summed E-state index contributed by atoms with van der Waals surface area (Å²) in [6, 6.07) is 10.8. The van der Waals surface area contributed by atoms with E-state index in [-0.39, 0.29) is 35.5 Å². The van der Waals surface area contributed by atoms with Gasteiger partial charge in [0.15, 0.2) is 0 Å². The number of piperidine rings is 1. The first-order valence-electron chi connectivity index (χ1n) is 12.6. The van der Waals surface area contributed by atoms with E-state index in [4.69, 9.17) is 26.7 Å². The van der Waals surface area contributed by atoms with Crippen molar-refractivity contribution in [2.75, 3.05) is 24.6 Å². The Labute approximate surface area is 218 Å². The molecule has 36 heavy (non-hydrogen) atoms. The number of aliphatic hydroxyl groups is 1. The summed E-state index contributed by atoms with van der Waals surface area (Å²) >= 11 is 6.18. The van der Waals surface area contributed by atoms with Crippen LogP contribution in [0.5, 0.6) is 5.75 Å². The molecule has 1 aliphatic carbocycles. The minimum atomic E-state index is -0.328. The summed E-state index contributed by atoms with van der Waals surface area (Å²) in [5, 5.41) is 21.8. The fourth-order valence-corrected chi connectivity index (χ4v) is 6.36. The average Bonchev–Trinajstić information content (AvgIpc) is 2.86. The van der Waals surface area contributed by atoms with Gasteiger partial charge in [-0.25, -0.2) is 4.98 Å². The molecule has 7 nitrogen and oxygen atoms in total. The number of anilines is 1. The summed E-state index contributed by atoms with van der Waals surface area (Å²) < 4.78 is 6.31. The lowest BCUT2D eigenvalue weighted by molar-refractivity contribution is -0.164. The first-order valence-corrected chi connectivity index (χ1v) is 12.9. The van der Waals surface area contributed by atoms with Gasteiger partial charge < -0.3 is 20.1 Å². The SMILES string of the molecule is CC1(C)[C@H](NC(=O)c2ccc(N3CCC(CCO)CC3)nc2)C(C)(C)[C@H]1Oc1ccc(C#N)c(Cl)c1. The number of nitriles is 1. The lowest BCUT2D eigenvalue weighted by Crippen LogP contribution is -2.74. The third kappa shape index (κ3) is 5.02. The van der Waals surface area contributed by atoms with Crippen molar-refractivity contribution in [2.24, 2.45) is 16.7 Å². The van der Waals surface area contributed by atoms with Crippen molar-refractivity contribution in [2.45, 2.75) is 59.1 Å². The number of carbonyl (C=O) groups is 1. The van der Waals surface area contributed by atoms with Crippen LogP contribution in [0.2, 0.25) is 5.02 Å². The zero-order valence-corrected chi connectivity index (χ0v) is 22.2. The number of halogens is 1. The summed E-state index contributed by atoms with van der Waals surface area (Å²) in [7, 11) is 0. The largest absolute Gasteiger partial charge is 0.489 e. The Morgan fingerprint density at radius 1 is 1.22 bits per heavy atom. The summed E-state index contributed by atoms with van der Waals surface area (Å²) in [5.74, 6) is 1.91. The quantitative estimate of drug-likeness (QED) is 0.554. The van der Waals surface area contributed by atoms with Gasteiger partial charge in [-0.2, -0.15) is 5.26 Å². The number of aromatic nitrogens is 1. The van der Waals surface area contributed by atoms with Crippen LogP contribution in [0.3, 0.4) is 0 Å². The van der Waals surface area contributed by atoms with Gasteiger partial charge in [0, 0.05) is 48.8 Å². The van der Waals surface area contributed by atoms with Gasteiger partial charge in [-0.15, -0.1) is 0 Å². The molecular weight excluding hydrogens is 476 g/mol. The van der Waals surface area contributed by atoms with Crippen molar-refractivity contribution in [1.29, 1.82) is 5.26 Å². The van der Waals surface area contributed by atoms with Crippen molar-refractivity contribution in [3.05, 3.63) is 52.7 Å². The maximum atomic E-state index is 13.1. The molecule has 1 aliphatic heterocycles. The van der Waals surface area contributed by atoms with Gasteiger partial charge in [0.25, 0.3) is 5.91 Å². The predicted octanol–water partition coefficient (Wildman–Crippen LogP) is 4.82. The number of ether oxygens (including phenoxy) is 1.